The van der Waals surface area contributed by atoms with Crippen molar-refractivity contribution >= 4 is 80.3 Å². The molecule has 3 aromatic heterocycles. The molecule has 1 fully saturated rings. The zero-order valence-corrected chi connectivity index (χ0v) is 26.5. The number of carboxylic acids is 2. The third-order valence-electron chi connectivity index (χ3n) is 7.23. The molecule has 5 heterocycles. The number of carbonyl (C=O) groups excluding carboxylic acids is 2. The van der Waals surface area contributed by atoms with Gasteiger partial charge in [0.1, 0.15) is 32.7 Å². The Morgan fingerprint density at radius 1 is 1.33 bits per heavy atom. The molecular weight excluding hydrogens is 648 g/mol. The Kier molecular flexibility index (Phi) is 9.62. The van der Waals surface area contributed by atoms with Crippen molar-refractivity contribution in [2.24, 2.45) is 5.16 Å². The summed E-state index contributed by atoms with van der Waals surface area (Å²) in [6, 6.07) is 4.79. The molecule has 2 aliphatic heterocycles. The first-order chi connectivity index (χ1) is 21.5. The third-order valence-corrected chi connectivity index (χ3v) is 9.65. The molecule has 6 N–H and O–H groups in total. The molecule has 0 spiro atoms. The van der Waals surface area contributed by atoms with Gasteiger partial charge in [0, 0.05) is 36.2 Å². The highest BCUT2D eigenvalue weighted by molar-refractivity contribution is 8.00. The molecule has 0 aromatic carbocycles. The van der Waals surface area contributed by atoms with Crippen molar-refractivity contribution < 1.29 is 38.8 Å². The number of nitrogen functional groups attached to an aromatic ring is 1. The number of carboxylic acid groups (broad SMARTS) is 2. The number of thioether (sulfide) groups is 1. The molecule has 5 rings (SSSR count). The predicted molar refractivity (Wildman–Crippen MR) is 167 cm³/mol. The molecular formula is C27H30ClN8O7S2+. The maximum atomic E-state index is 13.3. The molecule has 2 amide bonds. The van der Waals surface area contributed by atoms with Crippen LogP contribution in [0.2, 0.25) is 4.34 Å². The fourth-order valence-corrected chi connectivity index (χ4v) is 7.29. The molecule has 3 aromatic rings. The Bertz CT molecular complexity index is 1740. The number of β-lactam (4-membered cyclic amide) rings is 1. The van der Waals surface area contributed by atoms with E-state index in [2.05, 4.69) is 25.3 Å². The largest absolute Gasteiger partial charge is 0.478 e. The van der Waals surface area contributed by atoms with E-state index in [1.54, 1.807) is 0 Å². The molecule has 0 aliphatic carbocycles. The fraction of sp³-hybridized carbons (Fsp3) is 0.370. The number of nitrogens with zero attached hydrogens (tertiary/aromatic N) is 5. The lowest BCUT2D eigenvalue weighted by Crippen LogP contribution is -2.71. The number of halogens is 1. The van der Waals surface area contributed by atoms with Gasteiger partial charge in [0.25, 0.3) is 11.8 Å². The number of hydrogen-bond acceptors (Lipinski definition) is 11. The Balaban J connectivity index is 1.36. The Morgan fingerprint density at radius 3 is 2.78 bits per heavy atom. The van der Waals surface area contributed by atoms with E-state index < -0.39 is 47.0 Å². The summed E-state index contributed by atoms with van der Waals surface area (Å²) in [5.41, 5.74) is 7.44. The average molecular weight is 678 g/mol. The Labute approximate surface area is 269 Å². The van der Waals surface area contributed by atoms with E-state index in [1.807, 2.05) is 42.2 Å². The number of thiazole rings is 1. The number of hydrogen-bond donors (Lipinski definition) is 5. The van der Waals surface area contributed by atoms with Crippen molar-refractivity contribution in [2.75, 3.05) is 25.1 Å². The third kappa shape index (κ3) is 6.47. The molecule has 2 aliphatic rings. The summed E-state index contributed by atoms with van der Waals surface area (Å²) in [6.45, 7) is 3.16. The van der Waals surface area contributed by atoms with Crippen LogP contribution in [0, 0.1) is 0 Å². The first kappa shape index (κ1) is 32.2. The van der Waals surface area contributed by atoms with Gasteiger partial charge in [0.05, 0.1) is 0 Å². The van der Waals surface area contributed by atoms with Crippen LogP contribution in [0.3, 0.4) is 0 Å². The molecule has 0 saturated carbocycles. The van der Waals surface area contributed by atoms with Crippen molar-refractivity contribution in [1.82, 2.24) is 25.1 Å². The van der Waals surface area contributed by atoms with Gasteiger partial charge in [-0.1, -0.05) is 28.1 Å². The average Bonchev–Trinajstić information content (AvgIpc) is 3.57. The van der Waals surface area contributed by atoms with Crippen LogP contribution in [0.1, 0.15) is 19.0 Å². The van der Waals surface area contributed by atoms with Crippen molar-refractivity contribution in [3.63, 3.8) is 0 Å². The lowest BCUT2D eigenvalue weighted by Gasteiger charge is -2.49. The van der Waals surface area contributed by atoms with Crippen LogP contribution in [0.15, 0.2) is 47.0 Å². The van der Waals surface area contributed by atoms with E-state index in [0.717, 1.165) is 41.9 Å². The molecule has 3 atom stereocenters. The van der Waals surface area contributed by atoms with Crippen LogP contribution >= 0.6 is 34.7 Å². The van der Waals surface area contributed by atoms with Gasteiger partial charge in [0.2, 0.25) is 11.6 Å². The van der Waals surface area contributed by atoms with Gasteiger partial charge >= 0.3 is 11.9 Å². The number of carbonyl (C=O) groups is 4. The van der Waals surface area contributed by atoms with Crippen LogP contribution in [-0.2, 0) is 37.1 Å². The molecule has 2 unspecified atom stereocenters. The minimum atomic E-state index is -1.40. The first-order valence-corrected chi connectivity index (χ1v) is 16.0. The molecule has 0 radical (unpaired) electrons. The number of oxime groups is 1. The van der Waals surface area contributed by atoms with Crippen molar-refractivity contribution in [2.45, 2.75) is 44.0 Å². The number of nitrogens with one attached hydrogen (secondary N) is 2. The van der Waals surface area contributed by atoms with E-state index in [0.29, 0.717) is 11.3 Å². The van der Waals surface area contributed by atoms with Gasteiger partial charge in [-0.3, -0.25) is 14.5 Å². The van der Waals surface area contributed by atoms with Gasteiger partial charge in [0.15, 0.2) is 23.6 Å². The quantitative estimate of drug-likeness (QED) is 0.0564. The SMILES string of the molecule is CNCCCn1ccc2c1ccc[n+]2CC1=C(C(=O)O)N2C(=O)C(NC(=O)/C(=N\O[C@H](C)C(=O)O)c3nc(N)sc3Cl)C2SC1. The van der Waals surface area contributed by atoms with Gasteiger partial charge in [-0.15, -0.1) is 11.8 Å². The second-order valence-corrected chi connectivity index (χ2v) is 12.9. The molecule has 238 valence electrons. The summed E-state index contributed by atoms with van der Waals surface area (Å²) in [7, 11) is 1.91. The topological polar surface area (TPSA) is 205 Å². The summed E-state index contributed by atoms with van der Waals surface area (Å²) in [4.78, 5) is 60.5. The number of nitrogens with two attached hydrogens (primary N) is 1. The number of anilines is 1. The van der Waals surface area contributed by atoms with E-state index >= 15 is 0 Å². The summed E-state index contributed by atoms with van der Waals surface area (Å²) in [5.74, 6) is -3.84. The molecule has 45 heavy (non-hydrogen) atoms. The Morgan fingerprint density at radius 2 is 2.11 bits per heavy atom. The summed E-state index contributed by atoms with van der Waals surface area (Å²) >= 11 is 8.35. The minimum Gasteiger partial charge on any atom is -0.478 e. The van der Waals surface area contributed by atoms with E-state index in [9.17, 15) is 24.3 Å². The predicted octanol–water partition coefficient (Wildman–Crippen LogP) is 0.863. The van der Waals surface area contributed by atoms with Gasteiger partial charge < -0.3 is 36.0 Å². The lowest BCUT2D eigenvalue weighted by molar-refractivity contribution is -0.663. The monoisotopic (exact) mass is 677 g/mol. The number of aryl methyl sites for hydroxylation is 1. The number of fused-ring (bicyclic) bond motifs is 2. The van der Waals surface area contributed by atoms with Gasteiger partial charge in [-0.2, -0.15) is 4.57 Å². The second kappa shape index (κ2) is 13.4. The first-order valence-electron chi connectivity index (χ1n) is 13.7. The fourth-order valence-electron chi connectivity index (χ4n) is 5.03. The highest BCUT2D eigenvalue weighted by atomic mass is 35.5. The maximum Gasteiger partial charge on any atom is 0.352 e. The molecule has 18 heteroatoms. The highest BCUT2D eigenvalue weighted by Crippen LogP contribution is 2.40. The molecule has 1 saturated heterocycles. The Hall–Kier alpha value is -4.19. The van der Waals surface area contributed by atoms with Crippen LogP contribution < -0.4 is 20.9 Å². The zero-order chi connectivity index (χ0) is 32.4. The normalized spacial score (nSPS) is 18.9. The minimum absolute atomic E-state index is 0.00292. The van der Waals surface area contributed by atoms with Crippen LogP contribution in [0.4, 0.5) is 5.13 Å². The maximum absolute atomic E-state index is 13.3. The number of aromatic nitrogens is 3. The molecule has 0 bridgehead atoms. The van der Waals surface area contributed by atoms with Crippen LogP contribution in [0.25, 0.3) is 11.0 Å². The number of rotatable bonds is 13. The van der Waals surface area contributed by atoms with Crippen molar-refractivity contribution in [3.05, 3.63) is 51.9 Å². The van der Waals surface area contributed by atoms with Crippen molar-refractivity contribution in [1.29, 1.82) is 0 Å². The second-order valence-electron chi connectivity index (χ2n) is 10.2. The van der Waals surface area contributed by atoms with E-state index in [-0.39, 0.29) is 27.4 Å². The van der Waals surface area contributed by atoms with Gasteiger partial charge in [-0.25, -0.2) is 14.6 Å². The smallest absolute Gasteiger partial charge is 0.352 e. The summed E-state index contributed by atoms with van der Waals surface area (Å²) < 4.78 is 4.10. The number of pyridine rings is 1. The molecule has 15 nitrogen and oxygen atoms in total. The lowest BCUT2D eigenvalue weighted by atomic mass is 10.0. The summed E-state index contributed by atoms with van der Waals surface area (Å²) in [6.07, 6.45) is 3.41. The highest BCUT2D eigenvalue weighted by Gasteiger charge is 2.55. The van der Waals surface area contributed by atoms with Crippen LogP contribution in [0.5, 0.6) is 0 Å². The zero-order valence-electron chi connectivity index (χ0n) is 24.1. The van der Waals surface area contributed by atoms with Crippen LogP contribution in [-0.4, -0.2) is 91.0 Å². The van der Waals surface area contributed by atoms with Crippen molar-refractivity contribution in [3.8, 4) is 0 Å². The number of aliphatic carboxylic acids is 2. The summed E-state index contributed by atoms with van der Waals surface area (Å²) in [5, 5.41) is 28.0. The van der Waals surface area contributed by atoms with Gasteiger partial charge in [-0.05, 0) is 33.0 Å². The van der Waals surface area contributed by atoms with E-state index in [4.69, 9.17) is 27.3 Å². The standard InChI is InChI=1S/C27H29ClN8O7S2/c1-13(25(39)40)43-33-18(17-21(28)45-27(29)32-17)22(37)31-19-23(38)36-20(26(41)42)14(12-44-24(19)36)11-35-8-3-5-15-16(35)6-10-34(15)9-4-7-30-2/h3,5-6,8,10,13,19,24,30H,4,7,9,11-12H2,1-2H3,(H4-,29,31,32,37,39,40,41,42)/p+1/b33-18-/t13-,19?,24?/m1/s1. The van der Waals surface area contributed by atoms with E-state index in [1.165, 1.54) is 23.6 Å². The number of amides is 2.